The van der Waals surface area contributed by atoms with Crippen LogP contribution in [0.15, 0.2) is 0 Å². The van der Waals surface area contributed by atoms with Gasteiger partial charge in [-0.2, -0.15) is 0 Å². The second-order valence-corrected chi connectivity index (χ2v) is 12.2. The van der Waals surface area contributed by atoms with E-state index in [-0.39, 0.29) is 18.1 Å². The van der Waals surface area contributed by atoms with Gasteiger partial charge in [0.25, 0.3) is 0 Å². The molecule has 34 heavy (non-hydrogen) atoms. The van der Waals surface area contributed by atoms with Crippen molar-refractivity contribution in [3.63, 3.8) is 0 Å². The van der Waals surface area contributed by atoms with Crippen molar-refractivity contribution < 1.29 is 23.8 Å². The van der Waals surface area contributed by atoms with Gasteiger partial charge in [-0.25, -0.2) is 4.79 Å². The summed E-state index contributed by atoms with van der Waals surface area (Å²) in [6.07, 6.45) is 1.62. The Balaban J connectivity index is 0.000000718. The third-order valence-electron chi connectivity index (χ3n) is 5.49. The molecule has 0 aromatic rings. The first kappa shape index (κ1) is 30.7. The molecule has 0 saturated carbocycles. The van der Waals surface area contributed by atoms with E-state index in [0.29, 0.717) is 64.2 Å². The minimum absolute atomic E-state index is 0.0249. The molecule has 2 rings (SSSR count). The lowest BCUT2D eigenvalue weighted by Gasteiger charge is -2.42. The van der Waals surface area contributed by atoms with Gasteiger partial charge in [0.15, 0.2) is 0 Å². The van der Waals surface area contributed by atoms with Crippen LogP contribution in [0.25, 0.3) is 0 Å². The van der Waals surface area contributed by atoms with Gasteiger partial charge < -0.3 is 29.7 Å². The van der Waals surface area contributed by atoms with Gasteiger partial charge in [0.2, 0.25) is 0 Å². The average molecular weight is 486 g/mol. The van der Waals surface area contributed by atoms with Crippen molar-refractivity contribution in [3.05, 3.63) is 0 Å². The number of rotatable bonds is 5. The van der Waals surface area contributed by atoms with Crippen molar-refractivity contribution in [2.24, 2.45) is 5.41 Å². The summed E-state index contributed by atoms with van der Waals surface area (Å²) < 4.78 is 16.7. The van der Waals surface area contributed by atoms with Crippen molar-refractivity contribution >= 4 is 12.1 Å². The minimum atomic E-state index is -0.569. The summed E-state index contributed by atoms with van der Waals surface area (Å²) in [5.74, 6) is -0.158. The summed E-state index contributed by atoms with van der Waals surface area (Å²) in [6.45, 7) is 22.8. The third-order valence-corrected chi connectivity index (χ3v) is 5.49. The van der Waals surface area contributed by atoms with E-state index in [2.05, 4.69) is 38.3 Å². The maximum absolute atomic E-state index is 13.0. The van der Waals surface area contributed by atoms with E-state index < -0.39 is 16.6 Å². The molecule has 2 aliphatic rings. The quantitative estimate of drug-likeness (QED) is 0.566. The Hall–Kier alpha value is -1.38. The number of ether oxygens (including phenoxy) is 3. The maximum Gasteiger partial charge on any atom is 0.410 e. The first-order chi connectivity index (χ1) is 15.5. The zero-order valence-electron chi connectivity index (χ0n) is 23.4. The molecule has 0 aliphatic carbocycles. The predicted molar refractivity (Wildman–Crippen MR) is 136 cm³/mol. The van der Waals surface area contributed by atoms with Crippen LogP contribution in [0.4, 0.5) is 4.79 Å². The number of esters is 1. The summed E-state index contributed by atoms with van der Waals surface area (Å²) in [5, 5.41) is 6.76. The third kappa shape index (κ3) is 11.8. The van der Waals surface area contributed by atoms with E-state index in [1.807, 2.05) is 41.5 Å². The summed E-state index contributed by atoms with van der Waals surface area (Å²) in [4.78, 5) is 27.1. The van der Waals surface area contributed by atoms with Crippen LogP contribution in [0.5, 0.6) is 0 Å². The highest BCUT2D eigenvalue weighted by atomic mass is 16.6. The molecule has 2 fully saturated rings. The molecular formula is C26H51N3O5. The fourth-order valence-corrected chi connectivity index (χ4v) is 4.23. The van der Waals surface area contributed by atoms with Gasteiger partial charge >= 0.3 is 12.1 Å². The van der Waals surface area contributed by atoms with Gasteiger partial charge in [-0.3, -0.25) is 4.79 Å². The number of hydrogen-bond acceptors (Lipinski definition) is 7. The fourth-order valence-electron chi connectivity index (χ4n) is 4.23. The number of piperazine rings is 1. The van der Waals surface area contributed by atoms with Crippen LogP contribution < -0.4 is 10.6 Å². The molecule has 0 aromatic carbocycles. The van der Waals surface area contributed by atoms with Crippen LogP contribution in [0, 0.1) is 5.41 Å². The van der Waals surface area contributed by atoms with Crippen molar-refractivity contribution in [3.8, 4) is 0 Å². The Morgan fingerprint density at radius 3 is 1.97 bits per heavy atom. The zero-order valence-corrected chi connectivity index (χ0v) is 23.4. The molecule has 0 bridgehead atoms. The molecule has 0 aromatic heterocycles. The minimum Gasteiger partial charge on any atom is -0.460 e. The van der Waals surface area contributed by atoms with Crippen LogP contribution in [-0.2, 0) is 19.0 Å². The zero-order chi connectivity index (χ0) is 26.2. The number of nitrogens with one attached hydrogen (secondary N) is 2. The highest BCUT2D eigenvalue weighted by molar-refractivity contribution is 5.77. The molecule has 8 nitrogen and oxygen atoms in total. The van der Waals surface area contributed by atoms with Gasteiger partial charge in [-0.15, -0.1) is 0 Å². The van der Waals surface area contributed by atoms with Crippen LogP contribution in [0.1, 0.15) is 88.5 Å². The first-order valence-corrected chi connectivity index (χ1v) is 12.8. The lowest BCUT2D eigenvalue weighted by Crippen LogP contribution is -2.56. The second-order valence-electron chi connectivity index (χ2n) is 12.2. The fraction of sp³-hybridized carbons (Fsp3) is 0.923. The lowest BCUT2D eigenvalue weighted by molar-refractivity contribution is -0.175. The van der Waals surface area contributed by atoms with Crippen molar-refractivity contribution in [2.45, 2.75) is 118 Å². The Morgan fingerprint density at radius 1 is 1.00 bits per heavy atom. The van der Waals surface area contributed by atoms with Gasteiger partial charge in [0, 0.05) is 51.0 Å². The van der Waals surface area contributed by atoms with Crippen LogP contribution >= 0.6 is 0 Å². The van der Waals surface area contributed by atoms with Crippen molar-refractivity contribution in [1.82, 2.24) is 15.5 Å². The number of hydrogen-bond donors (Lipinski definition) is 2. The molecule has 0 radical (unpaired) electrons. The Kier molecular flexibility index (Phi) is 11.8. The van der Waals surface area contributed by atoms with E-state index in [1.165, 1.54) is 0 Å². The van der Waals surface area contributed by atoms with Crippen LogP contribution in [0.2, 0.25) is 0 Å². The number of amides is 1. The number of nitrogens with zero attached hydrogens (tertiary/aromatic N) is 1. The van der Waals surface area contributed by atoms with Crippen LogP contribution in [-0.4, -0.2) is 79.1 Å². The highest BCUT2D eigenvalue weighted by Crippen LogP contribution is 2.38. The number of carbonyl (C=O) groups excluding carboxylic acids is 2. The first-order valence-electron chi connectivity index (χ1n) is 12.8. The normalized spacial score (nSPS) is 21.1. The van der Waals surface area contributed by atoms with Gasteiger partial charge in [0.1, 0.15) is 11.2 Å². The largest absolute Gasteiger partial charge is 0.460 e. The van der Waals surface area contributed by atoms with E-state index in [0.717, 1.165) is 0 Å². The smallest absolute Gasteiger partial charge is 0.410 e. The molecule has 2 saturated heterocycles. The highest BCUT2D eigenvalue weighted by Gasteiger charge is 2.45. The monoisotopic (exact) mass is 485 g/mol. The predicted octanol–water partition coefficient (Wildman–Crippen LogP) is 4.12. The second kappa shape index (κ2) is 13.1. The van der Waals surface area contributed by atoms with Crippen molar-refractivity contribution in [2.75, 3.05) is 32.8 Å². The maximum atomic E-state index is 13.0. The van der Waals surface area contributed by atoms with E-state index in [9.17, 15) is 9.59 Å². The SMILES string of the molecule is CC(C)(C)OC(=O)N1CCN[C@@H](CC2(C(=O)OC(C)(C)C)CCOCC2)C1.CC(C)NC(C)C. The Bertz CT molecular complexity index is 625. The molecular weight excluding hydrogens is 434 g/mol. The Morgan fingerprint density at radius 2 is 1.53 bits per heavy atom. The summed E-state index contributed by atoms with van der Waals surface area (Å²) >= 11 is 0. The number of carbonyl (C=O) groups is 2. The standard InChI is InChI=1S/C20H36N2O5.C6H15N/c1-18(2,3)26-16(23)20(7-11-25-12-8-20)13-15-14-22(10-9-21-15)17(24)27-19(4,5)6;1-5(2)7-6(3)4/h15,21H,7-14H2,1-6H3;5-7H,1-4H3/t15-;/m0./s1. The molecule has 200 valence electrons. The topological polar surface area (TPSA) is 89.1 Å². The molecule has 0 unspecified atom stereocenters. The van der Waals surface area contributed by atoms with E-state index >= 15 is 0 Å². The average Bonchev–Trinajstić information content (AvgIpc) is 2.65. The van der Waals surface area contributed by atoms with Gasteiger partial charge in [-0.05, 0) is 60.8 Å². The van der Waals surface area contributed by atoms with Crippen molar-refractivity contribution in [1.29, 1.82) is 0 Å². The molecule has 1 atom stereocenters. The van der Waals surface area contributed by atoms with E-state index in [4.69, 9.17) is 14.2 Å². The summed E-state index contributed by atoms with van der Waals surface area (Å²) in [6, 6.07) is 1.27. The van der Waals surface area contributed by atoms with Crippen LogP contribution in [0.3, 0.4) is 0 Å². The molecule has 8 heteroatoms. The molecule has 1 amide bonds. The summed E-state index contributed by atoms with van der Waals surface area (Å²) in [7, 11) is 0. The summed E-state index contributed by atoms with van der Waals surface area (Å²) in [5.41, 5.74) is -1.61. The molecule has 2 aliphatic heterocycles. The lowest BCUT2D eigenvalue weighted by atomic mass is 9.74. The van der Waals surface area contributed by atoms with E-state index in [1.54, 1.807) is 4.90 Å². The van der Waals surface area contributed by atoms with Gasteiger partial charge in [0.05, 0.1) is 5.41 Å². The molecule has 2 N–H and O–H groups in total. The van der Waals surface area contributed by atoms with Gasteiger partial charge in [-0.1, -0.05) is 27.7 Å². The molecule has 2 heterocycles. The molecule has 0 spiro atoms. The Labute approximate surface area is 207 Å².